The van der Waals surface area contributed by atoms with Crippen LogP contribution in [0.2, 0.25) is 0 Å². The van der Waals surface area contributed by atoms with Gasteiger partial charge in [0.1, 0.15) is 0 Å². The minimum Gasteiger partial charge on any atom is -0.478 e. The molecule has 0 amide bonds. The van der Waals surface area contributed by atoms with Crippen molar-refractivity contribution in [2.45, 2.75) is 45.6 Å². The van der Waals surface area contributed by atoms with E-state index >= 15 is 0 Å². The predicted octanol–water partition coefficient (Wildman–Crippen LogP) is 3.35. The summed E-state index contributed by atoms with van der Waals surface area (Å²) in [6.45, 7) is 6.37. The van der Waals surface area contributed by atoms with Gasteiger partial charge in [-0.25, -0.2) is 4.79 Å². The van der Waals surface area contributed by atoms with Gasteiger partial charge in [0.25, 0.3) is 0 Å². The normalized spacial score (nSPS) is 11.3. The Bertz CT molecular complexity index is 418. The van der Waals surface area contributed by atoms with Gasteiger partial charge in [-0.3, -0.25) is 0 Å². The van der Waals surface area contributed by atoms with Crippen molar-refractivity contribution >= 4 is 17.3 Å². The van der Waals surface area contributed by atoms with Gasteiger partial charge in [0.2, 0.25) is 0 Å². The topological polar surface area (TPSA) is 75.3 Å². The molecule has 0 aromatic heterocycles. The Morgan fingerprint density at radius 2 is 1.83 bits per heavy atom. The van der Waals surface area contributed by atoms with E-state index in [9.17, 15) is 4.79 Å². The van der Waals surface area contributed by atoms with Crippen molar-refractivity contribution in [2.24, 2.45) is 0 Å². The Balaban J connectivity index is 3.11. The molecule has 18 heavy (non-hydrogen) atoms. The summed E-state index contributed by atoms with van der Waals surface area (Å²) in [7, 11) is 0. The predicted molar refractivity (Wildman–Crippen MR) is 75.0 cm³/mol. The molecule has 0 unspecified atom stereocenters. The molecule has 0 spiro atoms. The minimum absolute atomic E-state index is 0.0226. The highest BCUT2D eigenvalue weighted by molar-refractivity contribution is 5.97. The van der Waals surface area contributed by atoms with Crippen LogP contribution in [0.3, 0.4) is 0 Å². The van der Waals surface area contributed by atoms with E-state index in [1.165, 1.54) is 6.07 Å². The number of anilines is 2. The second-order valence-electron chi connectivity index (χ2n) is 4.54. The minimum atomic E-state index is -0.994. The zero-order valence-electron chi connectivity index (χ0n) is 11.3. The van der Waals surface area contributed by atoms with Crippen LogP contribution in [-0.2, 0) is 0 Å². The van der Waals surface area contributed by atoms with Crippen LogP contribution in [-0.4, -0.2) is 16.6 Å². The Kier molecular flexibility index (Phi) is 4.59. The molecule has 1 aromatic carbocycles. The number of carboxylic acids is 1. The number of aromatic carboxylic acids is 1. The summed E-state index contributed by atoms with van der Waals surface area (Å²) in [6, 6.07) is 5.07. The van der Waals surface area contributed by atoms with E-state index in [0.717, 1.165) is 19.3 Å². The van der Waals surface area contributed by atoms with Crippen LogP contribution in [0.25, 0.3) is 0 Å². The van der Waals surface area contributed by atoms with Crippen LogP contribution in [0, 0.1) is 0 Å². The lowest BCUT2D eigenvalue weighted by Gasteiger charge is -2.33. The van der Waals surface area contributed by atoms with Gasteiger partial charge in [0.05, 0.1) is 16.9 Å². The van der Waals surface area contributed by atoms with E-state index in [1.807, 2.05) is 6.07 Å². The quantitative estimate of drug-likeness (QED) is 0.677. The van der Waals surface area contributed by atoms with Gasteiger partial charge in [-0.05, 0) is 31.4 Å². The maximum absolute atomic E-state index is 11.0. The van der Waals surface area contributed by atoms with Gasteiger partial charge in [0, 0.05) is 5.54 Å². The Labute approximate surface area is 108 Å². The first-order valence-corrected chi connectivity index (χ1v) is 6.39. The molecule has 4 nitrogen and oxygen atoms in total. The van der Waals surface area contributed by atoms with E-state index in [1.54, 1.807) is 6.07 Å². The number of nitrogen functional groups attached to an aromatic ring is 1. The third-order valence-corrected chi connectivity index (χ3v) is 3.77. The SMILES string of the molecule is CCC(CC)(CC)Nc1cccc(C(=O)O)c1N. The second-order valence-corrected chi connectivity index (χ2v) is 4.54. The number of hydrogen-bond acceptors (Lipinski definition) is 3. The van der Waals surface area contributed by atoms with Crippen molar-refractivity contribution < 1.29 is 9.90 Å². The van der Waals surface area contributed by atoms with Gasteiger partial charge >= 0.3 is 5.97 Å². The first kappa shape index (κ1) is 14.4. The summed E-state index contributed by atoms with van der Waals surface area (Å²) in [6.07, 6.45) is 2.91. The van der Waals surface area contributed by atoms with Crippen LogP contribution in [0.5, 0.6) is 0 Å². The first-order valence-electron chi connectivity index (χ1n) is 6.39. The van der Waals surface area contributed by atoms with Crippen molar-refractivity contribution in [3.63, 3.8) is 0 Å². The van der Waals surface area contributed by atoms with Crippen molar-refractivity contribution in [1.29, 1.82) is 0 Å². The molecule has 0 saturated carbocycles. The highest BCUT2D eigenvalue weighted by atomic mass is 16.4. The van der Waals surface area contributed by atoms with Gasteiger partial charge in [-0.1, -0.05) is 26.8 Å². The number of nitrogens with one attached hydrogen (secondary N) is 1. The van der Waals surface area contributed by atoms with Crippen LogP contribution in [0.4, 0.5) is 11.4 Å². The highest BCUT2D eigenvalue weighted by Crippen LogP contribution is 2.30. The summed E-state index contributed by atoms with van der Waals surface area (Å²) >= 11 is 0. The fourth-order valence-electron chi connectivity index (χ4n) is 2.16. The Morgan fingerprint density at radius 1 is 1.28 bits per heavy atom. The lowest BCUT2D eigenvalue weighted by atomic mass is 9.89. The monoisotopic (exact) mass is 250 g/mol. The first-order chi connectivity index (χ1) is 8.49. The number of benzene rings is 1. The molecule has 0 atom stereocenters. The molecular formula is C14H22N2O2. The third-order valence-electron chi connectivity index (χ3n) is 3.77. The smallest absolute Gasteiger partial charge is 0.337 e. The van der Waals surface area contributed by atoms with E-state index < -0.39 is 5.97 Å². The van der Waals surface area contributed by atoms with Gasteiger partial charge in [0.15, 0.2) is 0 Å². The molecule has 100 valence electrons. The molecule has 0 aliphatic heterocycles. The maximum atomic E-state index is 11.0. The summed E-state index contributed by atoms with van der Waals surface area (Å²) in [5.41, 5.74) is 7.06. The second kappa shape index (κ2) is 5.76. The summed E-state index contributed by atoms with van der Waals surface area (Å²) < 4.78 is 0. The van der Waals surface area contributed by atoms with Crippen molar-refractivity contribution in [2.75, 3.05) is 11.1 Å². The number of carbonyl (C=O) groups is 1. The molecule has 0 bridgehead atoms. The van der Waals surface area contributed by atoms with Crippen molar-refractivity contribution in [1.82, 2.24) is 0 Å². The average molecular weight is 250 g/mol. The summed E-state index contributed by atoms with van der Waals surface area (Å²) in [5, 5.41) is 12.5. The van der Waals surface area contributed by atoms with Gasteiger partial charge in [-0.15, -0.1) is 0 Å². The lowest BCUT2D eigenvalue weighted by molar-refractivity contribution is 0.0698. The largest absolute Gasteiger partial charge is 0.478 e. The molecule has 0 radical (unpaired) electrons. The molecular weight excluding hydrogens is 228 g/mol. The lowest BCUT2D eigenvalue weighted by Crippen LogP contribution is -2.36. The number of hydrogen-bond donors (Lipinski definition) is 3. The van der Waals surface area contributed by atoms with Crippen molar-refractivity contribution in [3.8, 4) is 0 Å². The fourth-order valence-corrected chi connectivity index (χ4v) is 2.16. The maximum Gasteiger partial charge on any atom is 0.337 e. The zero-order chi connectivity index (χ0) is 13.8. The van der Waals surface area contributed by atoms with Crippen LogP contribution >= 0.6 is 0 Å². The molecule has 0 fully saturated rings. The fraction of sp³-hybridized carbons (Fsp3) is 0.500. The average Bonchev–Trinajstić information content (AvgIpc) is 2.38. The van der Waals surface area contributed by atoms with Crippen LogP contribution in [0.1, 0.15) is 50.4 Å². The standard InChI is InChI=1S/C14H22N2O2/c1-4-14(5-2,6-3)16-11-9-7-8-10(12(11)15)13(17)18/h7-9,16H,4-6,15H2,1-3H3,(H,17,18). The van der Waals surface area contributed by atoms with E-state index in [4.69, 9.17) is 10.8 Å². The molecule has 0 heterocycles. The molecule has 4 N–H and O–H groups in total. The molecule has 1 rings (SSSR count). The summed E-state index contributed by atoms with van der Waals surface area (Å²) in [5.74, 6) is -0.994. The zero-order valence-corrected chi connectivity index (χ0v) is 11.3. The Hall–Kier alpha value is -1.71. The molecule has 0 saturated heterocycles. The number of carboxylic acid groups (broad SMARTS) is 1. The van der Waals surface area contributed by atoms with Crippen molar-refractivity contribution in [3.05, 3.63) is 23.8 Å². The van der Waals surface area contributed by atoms with Gasteiger partial charge in [-0.2, -0.15) is 0 Å². The molecule has 0 aliphatic carbocycles. The van der Waals surface area contributed by atoms with Crippen LogP contribution in [0.15, 0.2) is 18.2 Å². The molecule has 1 aromatic rings. The van der Waals surface area contributed by atoms with E-state index in [0.29, 0.717) is 11.4 Å². The third kappa shape index (κ3) is 2.75. The summed E-state index contributed by atoms with van der Waals surface area (Å²) in [4.78, 5) is 11.0. The number of rotatable bonds is 6. The Morgan fingerprint density at radius 3 is 2.28 bits per heavy atom. The van der Waals surface area contributed by atoms with Crippen LogP contribution < -0.4 is 11.1 Å². The van der Waals surface area contributed by atoms with E-state index in [-0.39, 0.29) is 11.1 Å². The molecule has 4 heteroatoms. The molecule has 0 aliphatic rings. The number of para-hydroxylation sites is 1. The number of nitrogens with two attached hydrogens (primary N) is 1. The van der Waals surface area contributed by atoms with Gasteiger partial charge < -0.3 is 16.2 Å². The van der Waals surface area contributed by atoms with E-state index in [2.05, 4.69) is 26.1 Å². The highest BCUT2D eigenvalue weighted by Gasteiger charge is 2.24.